The lowest BCUT2D eigenvalue weighted by molar-refractivity contribution is 0.102. The van der Waals surface area contributed by atoms with Crippen molar-refractivity contribution in [3.8, 4) is 0 Å². The van der Waals surface area contributed by atoms with Crippen LogP contribution in [0.4, 0.5) is 5.69 Å². The number of carbonyl (C=O) groups excluding carboxylic acids is 1. The molecule has 0 atom stereocenters. The fraction of sp³-hybridized carbons (Fsp3) is 0.235. The third-order valence-electron chi connectivity index (χ3n) is 3.36. The van der Waals surface area contributed by atoms with Gasteiger partial charge in [-0.05, 0) is 62.4 Å². The number of carbonyl (C=O) groups is 1. The summed E-state index contributed by atoms with van der Waals surface area (Å²) in [5, 5.41) is 2.63. The first-order chi connectivity index (χ1) is 12.0. The number of benzene rings is 2. The fourth-order valence-electron chi connectivity index (χ4n) is 2.15. The third-order valence-corrected chi connectivity index (χ3v) is 6.16. The quantitative estimate of drug-likeness (QED) is 0.776. The zero-order chi connectivity index (χ0) is 19.5. The highest BCUT2D eigenvalue weighted by molar-refractivity contribution is 7.90. The Kier molecular flexibility index (Phi) is 5.84. The maximum atomic E-state index is 12.2. The smallest absolute Gasteiger partial charge is 0.255 e. The molecule has 0 bridgehead atoms. The summed E-state index contributed by atoms with van der Waals surface area (Å²) in [4.78, 5) is 12.4. The maximum Gasteiger partial charge on any atom is 0.255 e. The number of sulfonamides is 1. The van der Waals surface area contributed by atoms with Gasteiger partial charge >= 0.3 is 0 Å². The molecular formula is C17H20N2O5S2. The normalized spacial score (nSPS) is 12.2. The summed E-state index contributed by atoms with van der Waals surface area (Å²) in [7, 11) is -6.92. The minimum atomic E-state index is -3.60. The number of sulfone groups is 1. The van der Waals surface area contributed by atoms with Crippen LogP contribution in [0.3, 0.4) is 0 Å². The second kappa shape index (κ2) is 7.56. The van der Waals surface area contributed by atoms with Gasteiger partial charge in [0.1, 0.15) is 0 Å². The SMILES string of the molecule is CC(C)NS(=O)(=O)c1ccc(NC(=O)c2ccc(S(C)(=O)=O)cc2)cc1. The summed E-state index contributed by atoms with van der Waals surface area (Å²) in [6.07, 6.45) is 1.09. The van der Waals surface area contributed by atoms with Crippen molar-refractivity contribution >= 4 is 31.5 Å². The average Bonchev–Trinajstić information content (AvgIpc) is 2.53. The molecule has 7 nitrogen and oxygen atoms in total. The van der Waals surface area contributed by atoms with E-state index in [1.54, 1.807) is 13.8 Å². The minimum absolute atomic E-state index is 0.0988. The molecule has 2 rings (SSSR count). The second-order valence-electron chi connectivity index (χ2n) is 6.05. The van der Waals surface area contributed by atoms with Crippen LogP contribution in [0.5, 0.6) is 0 Å². The van der Waals surface area contributed by atoms with Crippen molar-refractivity contribution in [3.05, 3.63) is 54.1 Å². The lowest BCUT2D eigenvalue weighted by Gasteiger charge is -2.10. The molecule has 0 saturated heterocycles. The van der Waals surface area contributed by atoms with E-state index in [1.807, 2.05) is 0 Å². The van der Waals surface area contributed by atoms with Crippen LogP contribution in [0.2, 0.25) is 0 Å². The molecular weight excluding hydrogens is 376 g/mol. The predicted octanol–water partition coefficient (Wildman–Crippen LogP) is 2.03. The Hall–Kier alpha value is -2.23. The molecule has 140 valence electrons. The van der Waals surface area contributed by atoms with Gasteiger partial charge in [-0.15, -0.1) is 0 Å². The minimum Gasteiger partial charge on any atom is -0.322 e. The van der Waals surface area contributed by atoms with Gasteiger partial charge in [-0.1, -0.05) is 0 Å². The van der Waals surface area contributed by atoms with Gasteiger partial charge in [-0.25, -0.2) is 21.6 Å². The Bertz CT molecular complexity index is 994. The number of nitrogens with one attached hydrogen (secondary N) is 2. The van der Waals surface area contributed by atoms with Crippen molar-refractivity contribution in [2.75, 3.05) is 11.6 Å². The fourth-order valence-corrected chi connectivity index (χ4v) is 4.03. The molecule has 9 heteroatoms. The van der Waals surface area contributed by atoms with E-state index >= 15 is 0 Å². The van der Waals surface area contributed by atoms with Crippen LogP contribution in [0.25, 0.3) is 0 Å². The molecule has 0 unspecified atom stereocenters. The highest BCUT2D eigenvalue weighted by Gasteiger charge is 2.15. The molecule has 0 radical (unpaired) electrons. The van der Waals surface area contributed by atoms with Crippen LogP contribution < -0.4 is 10.0 Å². The molecule has 0 saturated carbocycles. The zero-order valence-electron chi connectivity index (χ0n) is 14.6. The van der Waals surface area contributed by atoms with E-state index < -0.39 is 25.8 Å². The maximum absolute atomic E-state index is 12.2. The molecule has 2 N–H and O–H groups in total. The molecule has 0 aliphatic rings. The van der Waals surface area contributed by atoms with Crippen molar-refractivity contribution in [2.24, 2.45) is 0 Å². The lowest BCUT2D eigenvalue weighted by atomic mass is 10.2. The second-order valence-corrected chi connectivity index (χ2v) is 9.78. The first-order valence-electron chi connectivity index (χ1n) is 7.73. The van der Waals surface area contributed by atoms with E-state index in [0.29, 0.717) is 5.69 Å². The Morgan fingerprint density at radius 2 is 1.35 bits per heavy atom. The molecule has 0 aliphatic heterocycles. The Balaban J connectivity index is 2.13. The number of hydrogen-bond acceptors (Lipinski definition) is 5. The largest absolute Gasteiger partial charge is 0.322 e. The highest BCUT2D eigenvalue weighted by Crippen LogP contribution is 2.16. The molecule has 0 aliphatic carbocycles. The Labute approximate surface area is 153 Å². The first-order valence-corrected chi connectivity index (χ1v) is 11.1. The van der Waals surface area contributed by atoms with E-state index in [9.17, 15) is 21.6 Å². The van der Waals surface area contributed by atoms with E-state index in [2.05, 4.69) is 10.0 Å². The van der Waals surface area contributed by atoms with Gasteiger partial charge in [0.05, 0.1) is 9.79 Å². The summed E-state index contributed by atoms with van der Waals surface area (Å²) in [6.45, 7) is 3.45. The molecule has 0 fully saturated rings. The van der Waals surface area contributed by atoms with Crippen molar-refractivity contribution < 1.29 is 21.6 Å². The summed E-state index contributed by atoms with van der Waals surface area (Å²) in [5.74, 6) is -0.430. The average molecular weight is 396 g/mol. The van der Waals surface area contributed by atoms with Crippen molar-refractivity contribution in [2.45, 2.75) is 29.7 Å². The molecule has 2 aromatic carbocycles. The van der Waals surface area contributed by atoms with Crippen LogP contribution >= 0.6 is 0 Å². The van der Waals surface area contributed by atoms with Crippen LogP contribution in [-0.4, -0.2) is 35.0 Å². The molecule has 0 aromatic heterocycles. The van der Waals surface area contributed by atoms with Gasteiger partial charge in [0.25, 0.3) is 5.91 Å². The predicted molar refractivity (Wildman–Crippen MR) is 99.4 cm³/mol. The zero-order valence-corrected chi connectivity index (χ0v) is 16.2. The van der Waals surface area contributed by atoms with Gasteiger partial charge in [0, 0.05) is 23.5 Å². The van der Waals surface area contributed by atoms with E-state index in [4.69, 9.17) is 0 Å². The van der Waals surface area contributed by atoms with E-state index in [1.165, 1.54) is 48.5 Å². The van der Waals surface area contributed by atoms with Gasteiger partial charge in [-0.3, -0.25) is 4.79 Å². The van der Waals surface area contributed by atoms with Gasteiger partial charge in [0.15, 0.2) is 9.84 Å². The summed E-state index contributed by atoms with van der Waals surface area (Å²) in [5.41, 5.74) is 0.709. The van der Waals surface area contributed by atoms with Gasteiger partial charge < -0.3 is 5.32 Å². The van der Waals surface area contributed by atoms with Crippen LogP contribution in [0, 0.1) is 0 Å². The number of rotatable bonds is 6. The number of hydrogen-bond donors (Lipinski definition) is 2. The topological polar surface area (TPSA) is 109 Å². The Morgan fingerprint density at radius 1 is 0.846 bits per heavy atom. The van der Waals surface area contributed by atoms with Crippen LogP contribution in [0.1, 0.15) is 24.2 Å². The number of amides is 1. The van der Waals surface area contributed by atoms with Crippen LogP contribution in [-0.2, 0) is 19.9 Å². The number of anilines is 1. The van der Waals surface area contributed by atoms with Gasteiger partial charge in [0.2, 0.25) is 10.0 Å². The molecule has 0 heterocycles. The summed E-state index contributed by atoms with van der Waals surface area (Å²) in [6, 6.07) is 11.1. The van der Waals surface area contributed by atoms with E-state index in [-0.39, 0.29) is 21.4 Å². The van der Waals surface area contributed by atoms with Crippen molar-refractivity contribution in [1.82, 2.24) is 4.72 Å². The summed E-state index contributed by atoms with van der Waals surface area (Å²) < 4.78 is 49.5. The first kappa shape index (κ1) is 20.1. The lowest BCUT2D eigenvalue weighted by Crippen LogP contribution is -2.30. The van der Waals surface area contributed by atoms with Crippen molar-refractivity contribution in [1.29, 1.82) is 0 Å². The third kappa shape index (κ3) is 5.13. The van der Waals surface area contributed by atoms with E-state index in [0.717, 1.165) is 6.26 Å². The van der Waals surface area contributed by atoms with Gasteiger partial charge in [-0.2, -0.15) is 0 Å². The molecule has 26 heavy (non-hydrogen) atoms. The highest BCUT2D eigenvalue weighted by atomic mass is 32.2. The van der Waals surface area contributed by atoms with Crippen molar-refractivity contribution in [3.63, 3.8) is 0 Å². The molecule has 0 spiro atoms. The summed E-state index contributed by atoms with van der Waals surface area (Å²) >= 11 is 0. The van der Waals surface area contributed by atoms with Crippen LogP contribution in [0.15, 0.2) is 58.3 Å². The molecule has 2 aromatic rings. The molecule has 1 amide bonds. The monoisotopic (exact) mass is 396 g/mol. The standard InChI is InChI=1S/C17H20N2O5S2/c1-12(2)19-26(23,24)16-10-6-14(7-11-16)18-17(20)13-4-8-15(9-5-13)25(3,21)22/h4-12,19H,1-3H3,(H,18,20). The Morgan fingerprint density at radius 3 is 1.81 bits per heavy atom.